The largest absolute Gasteiger partial charge is 0.493 e. The number of ether oxygens (including phenoxy) is 5. The van der Waals surface area contributed by atoms with Gasteiger partial charge in [-0.2, -0.15) is 0 Å². The Balaban J connectivity index is 2.23. The topological polar surface area (TPSA) is 75.3 Å². The third-order valence-corrected chi connectivity index (χ3v) is 4.10. The van der Waals surface area contributed by atoms with E-state index in [2.05, 4.69) is 5.32 Å². The number of rotatable bonds is 8. The van der Waals surface area contributed by atoms with E-state index in [0.717, 1.165) is 11.1 Å². The minimum Gasteiger partial charge on any atom is -0.493 e. The summed E-state index contributed by atoms with van der Waals surface area (Å²) in [5, 5.41) is 2.84. The molecule has 0 radical (unpaired) electrons. The van der Waals surface area contributed by atoms with Crippen molar-refractivity contribution < 1.29 is 28.5 Å². The Labute approximate surface area is 164 Å². The molecule has 28 heavy (non-hydrogen) atoms. The van der Waals surface area contributed by atoms with E-state index in [0.29, 0.717) is 34.4 Å². The molecule has 2 aromatic carbocycles. The van der Waals surface area contributed by atoms with Crippen LogP contribution in [-0.4, -0.2) is 41.5 Å². The van der Waals surface area contributed by atoms with Crippen LogP contribution in [-0.2, 0) is 4.79 Å². The van der Waals surface area contributed by atoms with Crippen LogP contribution in [0.2, 0.25) is 0 Å². The highest BCUT2D eigenvalue weighted by molar-refractivity contribution is 6.02. The fourth-order valence-corrected chi connectivity index (χ4v) is 2.66. The highest BCUT2D eigenvalue weighted by atomic mass is 16.5. The lowest BCUT2D eigenvalue weighted by Crippen LogP contribution is -2.09. The molecule has 7 nitrogen and oxygen atoms in total. The molecule has 0 saturated carbocycles. The van der Waals surface area contributed by atoms with Crippen molar-refractivity contribution in [2.24, 2.45) is 0 Å². The number of methoxy groups -OCH3 is 5. The van der Waals surface area contributed by atoms with Crippen LogP contribution >= 0.6 is 0 Å². The highest BCUT2D eigenvalue weighted by Gasteiger charge is 2.13. The number of benzene rings is 2. The summed E-state index contributed by atoms with van der Waals surface area (Å²) < 4.78 is 26.5. The molecule has 0 heterocycles. The molecular weight excluding hydrogens is 362 g/mol. The Morgan fingerprint density at radius 1 is 0.786 bits per heavy atom. The zero-order valence-electron chi connectivity index (χ0n) is 16.9. The molecular formula is C21H25NO6. The summed E-state index contributed by atoms with van der Waals surface area (Å²) in [6.07, 6.45) is 3.09. The second-order valence-electron chi connectivity index (χ2n) is 5.80. The van der Waals surface area contributed by atoms with Crippen molar-refractivity contribution in [3.63, 3.8) is 0 Å². The Bertz CT molecular complexity index is 850. The first-order chi connectivity index (χ1) is 13.5. The van der Waals surface area contributed by atoms with Gasteiger partial charge < -0.3 is 29.0 Å². The predicted octanol–water partition coefficient (Wildman–Crippen LogP) is 3.69. The zero-order chi connectivity index (χ0) is 20.7. The maximum absolute atomic E-state index is 12.4. The first kappa shape index (κ1) is 21.0. The van der Waals surface area contributed by atoms with Crippen molar-refractivity contribution in [2.45, 2.75) is 6.92 Å². The first-order valence-electron chi connectivity index (χ1n) is 8.49. The van der Waals surface area contributed by atoms with E-state index >= 15 is 0 Å². The monoisotopic (exact) mass is 387 g/mol. The molecule has 1 amide bonds. The molecule has 0 unspecified atom stereocenters. The molecule has 0 aliphatic carbocycles. The molecule has 0 aromatic heterocycles. The van der Waals surface area contributed by atoms with Crippen LogP contribution in [0, 0.1) is 6.92 Å². The Hall–Kier alpha value is -3.35. The van der Waals surface area contributed by atoms with Crippen LogP contribution in [0.25, 0.3) is 6.08 Å². The summed E-state index contributed by atoms with van der Waals surface area (Å²) in [5.41, 5.74) is 2.22. The predicted molar refractivity (Wildman–Crippen MR) is 108 cm³/mol. The fourth-order valence-electron chi connectivity index (χ4n) is 2.66. The maximum Gasteiger partial charge on any atom is 0.248 e. The molecule has 150 valence electrons. The van der Waals surface area contributed by atoms with E-state index in [1.54, 1.807) is 44.6 Å². The summed E-state index contributed by atoms with van der Waals surface area (Å²) >= 11 is 0. The van der Waals surface area contributed by atoms with Gasteiger partial charge in [0, 0.05) is 17.8 Å². The lowest BCUT2D eigenvalue weighted by molar-refractivity contribution is -0.111. The van der Waals surface area contributed by atoms with Crippen molar-refractivity contribution in [2.75, 3.05) is 40.9 Å². The minimum absolute atomic E-state index is 0.288. The Morgan fingerprint density at radius 3 is 1.82 bits per heavy atom. The van der Waals surface area contributed by atoms with Crippen LogP contribution < -0.4 is 29.0 Å². The van der Waals surface area contributed by atoms with E-state index in [1.807, 2.05) is 6.92 Å². The van der Waals surface area contributed by atoms with E-state index in [4.69, 9.17) is 23.7 Å². The lowest BCUT2D eigenvalue weighted by atomic mass is 10.1. The van der Waals surface area contributed by atoms with Gasteiger partial charge in [0.1, 0.15) is 0 Å². The van der Waals surface area contributed by atoms with Crippen molar-refractivity contribution in [1.29, 1.82) is 0 Å². The van der Waals surface area contributed by atoms with Crippen LogP contribution in [0.4, 0.5) is 5.69 Å². The number of hydrogen-bond donors (Lipinski definition) is 1. The van der Waals surface area contributed by atoms with Crippen molar-refractivity contribution in [3.05, 3.63) is 41.5 Å². The number of anilines is 1. The minimum atomic E-state index is -0.288. The Morgan fingerprint density at radius 2 is 1.32 bits per heavy atom. The fraction of sp³-hybridized carbons (Fsp3) is 0.286. The summed E-state index contributed by atoms with van der Waals surface area (Å²) in [5.74, 6) is 2.37. The maximum atomic E-state index is 12.4. The third-order valence-electron chi connectivity index (χ3n) is 4.10. The van der Waals surface area contributed by atoms with Crippen molar-refractivity contribution >= 4 is 17.7 Å². The average molecular weight is 387 g/mol. The number of aryl methyl sites for hydroxylation is 1. The molecule has 0 saturated heterocycles. The summed E-state index contributed by atoms with van der Waals surface area (Å²) in [7, 11) is 7.72. The summed E-state index contributed by atoms with van der Waals surface area (Å²) in [6.45, 7) is 1.88. The van der Waals surface area contributed by atoms with Gasteiger partial charge in [-0.25, -0.2) is 0 Å². The third kappa shape index (κ3) is 4.68. The van der Waals surface area contributed by atoms with Gasteiger partial charge in [-0.3, -0.25) is 4.79 Å². The number of hydrogen-bond acceptors (Lipinski definition) is 6. The smallest absolute Gasteiger partial charge is 0.248 e. The van der Waals surface area contributed by atoms with Crippen molar-refractivity contribution in [1.82, 2.24) is 0 Å². The standard InChI is InChI=1S/C21H25NO6/c1-13-9-16(24-2)17(25-3)12-15(13)22-20(23)8-7-14-10-18(26-4)21(28-6)19(11-14)27-5/h7-12H,1-6H3,(H,22,23)/b8-7+. The quantitative estimate of drug-likeness (QED) is 0.697. The van der Waals surface area contributed by atoms with Gasteiger partial charge in [-0.15, -0.1) is 0 Å². The molecule has 0 spiro atoms. The van der Waals surface area contributed by atoms with Crippen LogP contribution in [0.15, 0.2) is 30.3 Å². The molecule has 0 fully saturated rings. The first-order valence-corrected chi connectivity index (χ1v) is 8.49. The normalized spacial score (nSPS) is 10.5. The van der Waals surface area contributed by atoms with Crippen molar-refractivity contribution in [3.8, 4) is 28.7 Å². The molecule has 1 N–H and O–H groups in total. The Kier molecular flexibility index (Phi) is 7.14. The van der Waals surface area contributed by atoms with Crippen LogP contribution in [0.5, 0.6) is 28.7 Å². The van der Waals surface area contributed by atoms with E-state index in [9.17, 15) is 4.79 Å². The van der Waals surface area contributed by atoms with Crippen LogP contribution in [0.3, 0.4) is 0 Å². The summed E-state index contributed by atoms with van der Waals surface area (Å²) in [6, 6.07) is 7.04. The molecule has 0 bridgehead atoms. The second-order valence-corrected chi connectivity index (χ2v) is 5.80. The second kappa shape index (κ2) is 9.55. The SMILES string of the molecule is COc1cc(C)c(NC(=O)/C=C/c2cc(OC)c(OC)c(OC)c2)cc1OC. The molecule has 2 rings (SSSR count). The van der Waals surface area contributed by atoms with Gasteiger partial charge in [-0.05, 0) is 42.3 Å². The van der Waals surface area contributed by atoms with Crippen LogP contribution in [0.1, 0.15) is 11.1 Å². The number of carbonyl (C=O) groups is 1. The van der Waals surface area contributed by atoms with Gasteiger partial charge in [0.2, 0.25) is 11.7 Å². The van der Waals surface area contributed by atoms with Gasteiger partial charge in [-0.1, -0.05) is 0 Å². The molecule has 0 aliphatic heterocycles. The zero-order valence-corrected chi connectivity index (χ0v) is 16.9. The number of nitrogens with one attached hydrogen (secondary N) is 1. The molecule has 7 heteroatoms. The van der Waals surface area contributed by atoms with Gasteiger partial charge in [0.05, 0.1) is 35.5 Å². The van der Waals surface area contributed by atoms with E-state index in [-0.39, 0.29) is 5.91 Å². The number of carbonyl (C=O) groups excluding carboxylic acids is 1. The van der Waals surface area contributed by atoms with Gasteiger partial charge >= 0.3 is 0 Å². The highest BCUT2D eigenvalue weighted by Crippen LogP contribution is 2.38. The number of amides is 1. The molecule has 0 aliphatic rings. The van der Waals surface area contributed by atoms with E-state index in [1.165, 1.54) is 27.4 Å². The summed E-state index contributed by atoms with van der Waals surface area (Å²) in [4.78, 5) is 12.4. The van der Waals surface area contributed by atoms with E-state index < -0.39 is 0 Å². The van der Waals surface area contributed by atoms with Gasteiger partial charge in [0.25, 0.3) is 0 Å². The molecule has 2 aromatic rings. The molecule has 0 atom stereocenters. The van der Waals surface area contributed by atoms with Gasteiger partial charge in [0.15, 0.2) is 23.0 Å². The average Bonchev–Trinajstić information content (AvgIpc) is 2.72. The lowest BCUT2D eigenvalue weighted by Gasteiger charge is -2.13.